The number of carbonyl (C=O) groups is 2. The smallest absolute Gasteiger partial charge is 0.310 e. The lowest BCUT2D eigenvalue weighted by molar-refractivity contribution is -0.152. The third-order valence-corrected chi connectivity index (χ3v) is 6.90. The second-order valence-corrected chi connectivity index (χ2v) is 8.61. The van der Waals surface area contributed by atoms with Crippen LogP contribution >= 0.6 is 11.3 Å². The number of ether oxygens (including phenoxy) is 1. The van der Waals surface area contributed by atoms with E-state index >= 15 is 0 Å². The van der Waals surface area contributed by atoms with Gasteiger partial charge in [0, 0.05) is 19.0 Å². The number of piperidine rings is 1. The highest BCUT2D eigenvalue weighted by atomic mass is 32.1. The molecule has 2 aliphatic rings. The molecule has 2 heterocycles. The standard InChI is InChI=1S/C22H26N2O3S/c1-2-27-22(26)15-8-7-13-24(14-15)21(25)17-10-4-3-9-16(17)20-23-18-11-5-6-12-19(18)28-20/h3-6,11-12,15-17H,2,7-10,13-14H2,1H3. The third kappa shape index (κ3) is 3.83. The van der Waals surface area contributed by atoms with Crippen molar-refractivity contribution in [2.24, 2.45) is 11.8 Å². The number of likely N-dealkylation sites (tertiary alicyclic amines) is 1. The van der Waals surface area contributed by atoms with E-state index in [1.54, 1.807) is 11.3 Å². The van der Waals surface area contributed by atoms with Gasteiger partial charge in [0.05, 0.1) is 33.7 Å². The number of benzene rings is 1. The first-order valence-electron chi connectivity index (χ1n) is 10.1. The van der Waals surface area contributed by atoms with Crippen molar-refractivity contribution < 1.29 is 14.3 Å². The molecule has 1 amide bonds. The van der Waals surface area contributed by atoms with E-state index in [4.69, 9.17) is 9.72 Å². The molecule has 1 saturated heterocycles. The highest BCUT2D eigenvalue weighted by Crippen LogP contribution is 2.39. The van der Waals surface area contributed by atoms with Crippen LogP contribution in [0.15, 0.2) is 36.4 Å². The van der Waals surface area contributed by atoms with Gasteiger partial charge in [-0.15, -0.1) is 11.3 Å². The lowest BCUT2D eigenvalue weighted by Crippen LogP contribution is -2.46. The van der Waals surface area contributed by atoms with Gasteiger partial charge in [-0.1, -0.05) is 24.3 Å². The molecule has 6 heteroatoms. The monoisotopic (exact) mass is 398 g/mol. The second-order valence-electron chi connectivity index (χ2n) is 7.55. The molecule has 4 rings (SSSR count). The average Bonchev–Trinajstić information content (AvgIpc) is 3.17. The molecule has 28 heavy (non-hydrogen) atoms. The first-order valence-corrected chi connectivity index (χ1v) is 10.9. The summed E-state index contributed by atoms with van der Waals surface area (Å²) in [4.78, 5) is 32.2. The Morgan fingerprint density at radius 2 is 2.07 bits per heavy atom. The Morgan fingerprint density at radius 3 is 2.89 bits per heavy atom. The van der Waals surface area contributed by atoms with Crippen molar-refractivity contribution >= 4 is 33.4 Å². The number of hydrogen-bond acceptors (Lipinski definition) is 5. The molecule has 0 N–H and O–H groups in total. The van der Waals surface area contributed by atoms with Gasteiger partial charge < -0.3 is 9.64 Å². The minimum atomic E-state index is -0.197. The van der Waals surface area contributed by atoms with Crippen LogP contribution in [-0.4, -0.2) is 41.5 Å². The molecule has 1 aromatic heterocycles. The molecule has 0 radical (unpaired) electrons. The van der Waals surface area contributed by atoms with Crippen LogP contribution in [-0.2, 0) is 14.3 Å². The summed E-state index contributed by atoms with van der Waals surface area (Å²) in [5.74, 6) is -0.212. The number of fused-ring (bicyclic) bond motifs is 1. The number of nitrogens with zero attached hydrogens (tertiary/aromatic N) is 2. The van der Waals surface area contributed by atoms with Crippen molar-refractivity contribution in [1.82, 2.24) is 9.88 Å². The SMILES string of the molecule is CCOC(=O)C1CCCN(C(=O)C2CC=CCC2c2nc3ccccc3s2)C1. The average molecular weight is 399 g/mol. The first-order chi connectivity index (χ1) is 13.7. The summed E-state index contributed by atoms with van der Waals surface area (Å²) in [6.07, 6.45) is 7.50. The van der Waals surface area contributed by atoms with Crippen molar-refractivity contribution in [2.45, 2.75) is 38.5 Å². The summed E-state index contributed by atoms with van der Waals surface area (Å²) in [7, 11) is 0. The normalized spacial score (nSPS) is 25.0. The molecule has 0 spiro atoms. The highest BCUT2D eigenvalue weighted by Gasteiger charge is 2.37. The van der Waals surface area contributed by atoms with Gasteiger partial charge in [0.15, 0.2) is 0 Å². The second kappa shape index (κ2) is 8.43. The summed E-state index contributed by atoms with van der Waals surface area (Å²) >= 11 is 1.69. The largest absolute Gasteiger partial charge is 0.466 e. The van der Waals surface area contributed by atoms with E-state index in [9.17, 15) is 9.59 Å². The van der Waals surface area contributed by atoms with Crippen LogP contribution in [0, 0.1) is 11.8 Å². The van der Waals surface area contributed by atoms with Crippen LogP contribution < -0.4 is 0 Å². The number of para-hydroxylation sites is 1. The molecule has 3 unspecified atom stereocenters. The Kier molecular flexibility index (Phi) is 5.76. The molecule has 148 valence electrons. The van der Waals surface area contributed by atoms with Crippen molar-refractivity contribution in [3.05, 3.63) is 41.4 Å². The fraction of sp³-hybridized carbons (Fsp3) is 0.500. The predicted octanol–water partition coefficient (Wildman–Crippen LogP) is 4.15. The van der Waals surface area contributed by atoms with Crippen LogP contribution in [0.25, 0.3) is 10.2 Å². The van der Waals surface area contributed by atoms with Crippen molar-refractivity contribution in [2.75, 3.05) is 19.7 Å². The van der Waals surface area contributed by atoms with E-state index in [2.05, 4.69) is 18.2 Å². The van der Waals surface area contributed by atoms with E-state index in [1.807, 2.05) is 30.0 Å². The van der Waals surface area contributed by atoms with E-state index in [0.29, 0.717) is 13.2 Å². The number of carbonyl (C=O) groups excluding carboxylic acids is 2. The Bertz CT molecular complexity index is 858. The molecule has 0 bridgehead atoms. The Morgan fingerprint density at radius 1 is 1.25 bits per heavy atom. The molecule has 2 aromatic rings. The summed E-state index contributed by atoms with van der Waals surface area (Å²) in [5.41, 5.74) is 1.00. The number of rotatable bonds is 4. The quantitative estimate of drug-likeness (QED) is 0.573. The first kappa shape index (κ1) is 19.1. The van der Waals surface area contributed by atoms with Gasteiger partial charge in [-0.25, -0.2) is 4.98 Å². The van der Waals surface area contributed by atoms with E-state index < -0.39 is 0 Å². The predicted molar refractivity (Wildman–Crippen MR) is 110 cm³/mol. The Hall–Kier alpha value is -2.21. The van der Waals surface area contributed by atoms with Crippen LogP contribution in [0.3, 0.4) is 0 Å². The molecule has 0 saturated carbocycles. The van der Waals surface area contributed by atoms with E-state index in [-0.39, 0.29) is 29.6 Å². The summed E-state index contributed by atoms with van der Waals surface area (Å²) in [6.45, 7) is 3.41. The maximum absolute atomic E-state index is 13.4. The maximum atomic E-state index is 13.4. The highest BCUT2D eigenvalue weighted by molar-refractivity contribution is 7.18. The molecule has 1 fully saturated rings. The topological polar surface area (TPSA) is 59.5 Å². The van der Waals surface area contributed by atoms with Gasteiger partial charge >= 0.3 is 5.97 Å². The molecule has 5 nitrogen and oxygen atoms in total. The number of hydrogen-bond donors (Lipinski definition) is 0. The van der Waals surface area contributed by atoms with Gasteiger partial charge in [0.1, 0.15) is 0 Å². The van der Waals surface area contributed by atoms with Gasteiger partial charge in [-0.3, -0.25) is 9.59 Å². The summed E-state index contributed by atoms with van der Waals surface area (Å²) in [6, 6.07) is 8.13. The van der Waals surface area contributed by atoms with Crippen molar-refractivity contribution in [3.63, 3.8) is 0 Å². The Labute approximate surface area is 169 Å². The lowest BCUT2D eigenvalue weighted by atomic mass is 9.81. The number of aromatic nitrogens is 1. The molecular weight excluding hydrogens is 372 g/mol. The van der Waals surface area contributed by atoms with Crippen LogP contribution in [0.1, 0.15) is 43.5 Å². The van der Waals surface area contributed by atoms with Crippen LogP contribution in [0.4, 0.5) is 0 Å². The number of thiazole rings is 1. The summed E-state index contributed by atoms with van der Waals surface area (Å²) < 4.78 is 6.35. The maximum Gasteiger partial charge on any atom is 0.310 e. The molecule has 1 aliphatic heterocycles. The van der Waals surface area contributed by atoms with E-state index in [1.165, 1.54) is 4.70 Å². The van der Waals surface area contributed by atoms with Crippen molar-refractivity contribution in [3.8, 4) is 0 Å². The fourth-order valence-corrected chi connectivity index (χ4v) is 5.42. The van der Waals surface area contributed by atoms with Gasteiger partial charge in [0.25, 0.3) is 0 Å². The van der Waals surface area contributed by atoms with E-state index in [0.717, 1.165) is 42.8 Å². The zero-order valence-electron chi connectivity index (χ0n) is 16.2. The third-order valence-electron chi connectivity index (χ3n) is 5.73. The molecular formula is C22H26N2O3S. The van der Waals surface area contributed by atoms with Gasteiger partial charge in [-0.05, 0) is 44.7 Å². The molecule has 1 aromatic carbocycles. The minimum Gasteiger partial charge on any atom is -0.466 e. The molecule has 1 aliphatic carbocycles. The lowest BCUT2D eigenvalue weighted by Gasteiger charge is -2.36. The van der Waals surface area contributed by atoms with Crippen LogP contribution in [0.5, 0.6) is 0 Å². The van der Waals surface area contributed by atoms with Crippen molar-refractivity contribution in [1.29, 1.82) is 0 Å². The van der Waals surface area contributed by atoms with Crippen LogP contribution in [0.2, 0.25) is 0 Å². The summed E-state index contributed by atoms with van der Waals surface area (Å²) in [5, 5.41) is 1.04. The Balaban J connectivity index is 1.53. The zero-order chi connectivity index (χ0) is 19.5. The zero-order valence-corrected chi connectivity index (χ0v) is 17.0. The minimum absolute atomic E-state index is 0.105. The number of allylic oxidation sites excluding steroid dienone is 2. The van der Waals surface area contributed by atoms with Gasteiger partial charge in [0.2, 0.25) is 5.91 Å². The van der Waals surface area contributed by atoms with Gasteiger partial charge in [-0.2, -0.15) is 0 Å². The number of amides is 1. The molecule has 3 atom stereocenters. The number of esters is 1. The fourth-order valence-electron chi connectivity index (χ4n) is 4.27.